The summed E-state index contributed by atoms with van der Waals surface area (Å²) in [6.07, 6.45) is -0.526. The van der Waals surface area contributed by atoms with E-state index in [1.54, 1.807) is 31.3 Å². The van der Waals surface area contributed by atoms with E-state index in [1.807, 2.05) is 0 Å². The molecule has 0 spiro atoms. The van der Waals surface area contributed by atoms with Crippen molar-refractivity contribution in [3.05, 3.63) is 53.6 Å². The van der Waals surface area contributed by atoms with Crippen molar-refractivity contribution < 1.29 is 22.7 Å². The van der Waals surface area contributed by atoms with E-state index in [4.69, 9.17) is 11.6 Å². The SMILES string of the molecule is COC(=O)N(C)c1ccc(NC(=O)[C@H](C)NS(=O)(=O)c2ccc(Cl)cc2)cc1. The van der Waals surface area contributed by atoms with Crippen LogP contribution in [-0.4, -0.2) is 40.6 Å². The number of hydrogen-bond donors (Lipinski definition) is 2. The van der Waals surface area contributed by atoms with Gasteiger partial charge in [-0.05, 0) is 55.5 Å². The lowest BCUT2D eigenvalue weighted by atomic mass is 10.2. The number of amides is 2. The number of rotatable bonds is 6. The summed E-state index contributed by atoms with van der Waals surface area (Å²) in [6.45, 7) is 1.43. The molecular formula is C18H20ClN3O5S. The Morgan fingerprint density at radius 2 is 1.64 bits per heavy atom. The largest absolute Gasteiger partial charge is 0.452 e. The first-order valence-electron chi connectivity index (χ1n) is 8.14. The summed E-state index contributed by atoms with van der Waals surface area (Å²) < 4.78 is 31.6. The molecular weight excluding hydrogens is 406 g/mol. The molecule has 2 amide bonds. The van der Waals surface area contributed by atoms with Crippen molar-refractivity contribution in [1.82, 2.24) is 4.72 Å². The van der Waals surface area contributed by atoms with Crippen molar-refractivity contribution in [3.8, 4) is 0 Å². The summed E-state index contributed by atoms with van der Waals surface area (Å²) in [5.41, 5.74) is 1.02. The molecule has 0 aliphatic rings. The van der Waals surface area contributed by atoms with E-state index < -0.39 is 28.1 Å². The number of carbonyl (C=O) groups is 2. The van der Waals surface area contributed by atoms with E-state index in [9.17, 15) is 18.0 Å². The number of hydrogen-bond acceptors (Lipinski definition) is 5. The Labute approximate surface area is 168 Å². The molecule has 2 aromatic carbocycles. The van der Waals surface area contributed by atoms with Crippen LogP contribution in [0.3, 0.4) is 0 Å². The van der Waals surface area contributed by atoms with Crippen molar-refractivity contribution in [2.24, 2.45) is 0 Å². The van der Waals surface area contributed by atoms with Gasteiger partial charge in [-0.2, -0.15) is 4.72 Å². The van der Waals surface area contributed by atoms with E-state index >= 15 is 0 Å². The average Bonchev–Trinajstić information content (AvgIpc) is 2.67. The van der Waals surface area contributed by atoms with E-state index in [0.29, 0.717) is 16.4 Å². The molecule has 0 unspecified atom stereocenters. The number of halogens is 1. The topological polar surface area (TPSA) is 105 Å². The van der Waals surface area contributed by atoms with Gasteiger partial charge in [0, 0.05) is 23.4 Å². The lowest BCUT2D eigenvalue weighted by Crippen LogP contribution is -2.41. The number of carbonyl (C=O) groups excluding carboxylic acids is 2. The number of nitrogens with one attached hydrogen (secondary N) is 2. The monoisotopic (exact) mass is 425 g/mol. The fourth-order valence-corrected chi connectivity index (χ4v) is 3.56. The summed E-state index contributed by atoms with van der Waals surface area (Å²) in [5.74, 6) is -0.536. The van der Waals surface area contributed by atoms with Crippen LogP contribution >= 0.6 is 11.6 Å². The Bertz CT molecular complexity index is 946. The molecule has 2 N–H and O–H groups in total. The second-order valence-corrected chi connectivity index (χ2v) is 8.01. The normalized spacial score (nSPS) is 12.1. The second-order valence-electron chi connectivity index (χ2n) is 5.86. The Kier molecular flexibility index (Phi) is 7.00. The number of ether oxygens (including phenoxy) is 1. The number of benzene rings is 2. The van der Waals surface area contributed by atoms with Crippen LogP contribution in [0, 0.1) is 0 Å². The molecule has 0 aromatic heterocycles. The highest BCUT2D eigenvalue weighted by molar-refractivity contribution is 7.89. The predicted molar refractivity (Wildman–Crippen MR) is 107 cm³/mol. The zero-order valence-electron chi connectivity index (χ0n) is 15.5. The van der Waals surface area contributed by atoms with Gasteiger partial charge in [-0.25, -0.2) is 13.2 Å². The van der Waals surface area contributed by atoms with Crippen molar-refractivity contribution in [3.63, 3.8) is 0 Å². The molecule has 0 saturated heterocycles. The maximum atomic E-state index is 12.3. The van der Waals surface area contributed by atoms with Crippen LogP contribution in [0.25, 0.3) is 0 Å². The molecule has 0 bridgehead atoms. The lowest BCUT2D eigenvalue weighted by molar-refractivity contribution is -0.117. The maximum Gasteiger partial charge on any atom is 0.413 e. The van der Waals surface area contributed by atoms with E-state index in [-0.39, 0.29) is 4.90 Å². The van der Waals surface area contributed by atoms with Crippen LogP contribution < -0.4 is 14.9 Å². The molecule has 0 aliphatic carbocycles. The molecule has 0 aliphatic heterocycles. The molecule has 0 radical (unpaired) electrons. The highest BCUT2D eigenvalue weighted by atomic mass is 35.5. The summed E-state index contributed by atoms with van der Waals surface area (Å²) in [6, 6.07) is 11.0. The van der Waals surface area contributed by atoms with E-state index in [1.165, 1.54) is 43.2 Å². The van der Waals surface area contributed by atoms with Crippen LogP contribution in [0.5, 0.6) is 0 Å². The van der Waals surface area contributed by atoms with Crippen LogP contribution in [-0.2, 0) is 19.6 Å². The third kappa shape index (κ3) is 5.44. The number of anilines is 2. The summed E-state index contributed by atoms with van der Waals surface area (Å²) in [7, 11) is -1.05. The Morgan fingerprint density at radius 3 is 2.18 bits per heavy atom. The fraction of sp³-hybridized carbons (Fsp3) is 0.222. The number of nitrogens with zero attached hydrogens (tertiary/aromatic N) is 1. The fourth-order valence-electron chi connectivity index (χ4n) is 2.23. The van der Waals surface area contributed by atoms with Crippen LogP contribution in [0.2, 0.25) is 5.02 Å². The van der Waals surface area contributed by atoms with Gasteiger partial charge in [-0.1, -0.05) is 11.6 Å². The van der Waals surface area contributed by atoms with Crippen LogP contribution in [0.15, 0.2) is 53.4 Å². The van der Waals surface area contributed by atoms with Gasteiger partial charge in [-0.3, -0.25) is 9.69 Å². The first-order chi connectivity index (χ1) is 13.1. The molecule has 2 aromatic rings. The molecule has 28 heavy (non-hydrogen) atoms. The highest BCUT2D eigenvalue weighted by Crippen LogP contribution is 2.18. The lowest BCUT2D eigenvalue weighted by Gasteiger charge is -2.17. The molecule has 0 saturated carbocycles. The minimum absolute atomic E-state index is 0.00625. The summed E-state index contributed by atoms with van der Waals surface area (Å²) in [5, 5.41) is 3.02. The number of methoxy groups -OCH3 is 1. The Balaban J connectivity index is 2.02. The van der Waals surface area contributed by atoms with Gasteiger partial charge in [-0.15, -0.1) is 0 Å². The summed E-state index contributed by atoms with van der Waals surface area (Å²) in [4.78, 5) is 25.1. The molecule has 2 rings (SSSR count). The van der Waals surface area contributed by atoms with Crippen molar-refractivity contribution >= 4 is 45.0 Å². The first-order valence-corrected chi connectivity index (χ1v) is 10.0. The minimum atomic E-state index is -3.87. The molecule has 1 atom stereocenters. The maximum absolute atomic E-state index is 12.3. The van der Waals surface area contributed by atoms with Crippen molar-refractivity contribution in [1.29, 1.82) is 0 Å². The Morgan fingerprint density at radius 1 is 1.07 bits per heavy atom. The standard InChI is InChI=1S/C18H20ClN3O5S/c1-12(21-28(25,26)16-10-4-13(19)5-11-16)17(23)20-14-6-8-15(9-7-14)22(2)18(24)27-3/h4-12,21H,1-3H3,(H,20,23)/t12-/m0/s1. The summed E-state index contributed by atoms with van der Waals surface area (Å²) >= 11 is 5.76. The predicted octanol–water partition coefficient (Wildman–Crippen LogP) is 2.85. The van der Waals surface area contributed by atoms with E-state index in [0.717, 1.165) is 0 Å². The quantitative estimate of drug-likeness (QED) is 0.740. The zero-order chi connectivity index (χ0) is 20.9. The van der Waals surface area contributed by atoms with Crippen LogP contribution in [0.1, 0.15) is 6.92 Å². The molecule has 10 heteroatoms. The molecule has 8 nitrogen and oxygen atoms in total. The third-order valence-electron chi connectivity index (χ3n) is 3.82. The van der Waals surface area contributed by atoms with Gasteiger partial charge in [0.25, 0.3) is 0 Å². The first kappa shape index (κ1) is 21.7. The average molecular weight is 426 g/mol. The van der Waals surface area contributed by atoms with Crippen LogP contribution in [0.4, 0.5) is 16.2 Å². The van der Waals surface area contributed by atoms with Gasteiger partial charge in [0.15, 0.2) is 0 Å². The smallest absolute Gasteiger partial charge is 0.413 e. The van der Waals surface area contributed by atoms with Gasteiger partial charge in [0.05, 0.1) is 18.0 Å². The molecule has 0 heterocycles. The van der Waals surface area contributed by atoms with Gasteiger partial charge < -0.3 is 10.1 Å². The number of sulfonamides is 1. The van der Waals surface area contributed by atoms with Gasteiger partial charge in [0.2, 0.25) is 15.9 Å². The molecule has 0 fully saturated rings. The van der Waals surface area contributed by atoms with Gasteiger partial charge >= 0.3 is 6.09 Å². The minimum Gasteiger partial charge on any atom is -0.452 e. The highest BCUT2D eigenvalue weighted by Gasteiger charge is 2.22. The van der Waals surface area contributed by atoms with E-state index in [2.05, 4.69) is 14.8 Å². The second kappa shape index (κ2) is 9.05. The van der Waals surface area contributed by atoms with Crippen molar-refractivity contribution in [2.45, 2.75) is 17.9 Å². The Hall–Kier alpha value is -2.62. The molecule has 150 valence electrons. The third-order valence-corrected chi connectivity index (χ3v) is 5.63. The zero-order valence-corrected chi connectivity index (χ0v) is 17.0. The van der Waals surface area contributed by atoms with Crippen molar-refractivity contribution in [2.75, 3.05) is 24.4 Å². The van der Waals surface area contributed by atoms with Gasteiger partial charge in [0.1, 0.15) is 0 Å².